The van der Waals surface area contributed by atoms with Crippen molar-refractivity contribution in [1.29, 1.82) is 0 Å². The number of nitrogens with zero attached hydrogens (tertiary/aromatic N) is 2. The number of rotatable bonds is 5. The summed E-state index contributed by atoms with van der Waals surface area (Å²) in [5.41, 5.74) is 1.66. The second-order valence-electron chi connectivity index (χ2n) is 4.36. The third kappa shape index (κ3) is 4.10. The smallest absolute Gasteiger partial charge is 0.316 e. The van der Waals surface area contributed by atoms with Gasteiger partial charge in [-0.15, -0.1) is 10.2 Å². The molecule has 1 aromatic heterocycles. The standard InChI is InChI=1S/C12H16N2O2S2/c1-9-4-2-3-5-10(9)6-16-11(15)7-17-12-14-13-8-18-12/h2-3,8-10H,4-7H2,1H3/t9-,10+/m1/s1. The van der Waals surface area contributed by atoms with E-state index < -0.39 is 0 Å². The number of allylic oxidation sites excluding steroid dienone is 2. The van der Waals surface area contributed by atoms with Gasteiger partial charge in [-0.05, 0) is 24.7 Å². The van der Waals surface area contributed by atoms with Crippen LogP contribution < -0.4 is 0 Å². The second kappa shape index (κ2) is 6.89. The van der Waals surface area contributed by atoms with Gasteiger partial charge < -0.3 is 4.74 Å². The molecule has 0 fully saturated rings. The van der Waals surface area contributed by atoms with Crippen LogP contribution in [0.5, 0.6) is 0 Å². The second-order valence-corrected chi connectivity index (χ2v) is 6.41. The molecule has 0 unspecified atom stereocenters. The number of aromatic nitrogens is 2. The highest BCUT2D eigenvalue weighted by Gasteiger charge is 2.20. The van der Waals surface area contributed by atoms with Gasteiger partial charge in [0.05, 0.1) is 12.4 Å². The molecule has 0 saturated carbocycles. The molecular weight excluding hydrogens is 268 g/mol. The van der Waals surface area contributed by atoms with Crippen molar-refractivity contribution in [3.8, 4) is 0 Å². The van der Waals surface area contributed by atoms with Crippen LogP contribution in [0.2, 0.25) is 0 Å². The summed E-state index contributed by atoms with van der Waals surface area (Å²) in [6.45, 7) is 2.74. The molecule has 18 heavy (non-hydrogen) atoms. The monoisotopic (exact) mass is 284 g/mol. The van der Waals surface area contributed by atoms with Crippen LogP contribution in [0.3, 0.4) is 0 Å². The Kier molecular flexibility index (Phi) is 5.19. The Morgan fingerprint density at radius 2 is 2.39 bits per heavy atom. The zero-order valence-corrected chi connectivity index (χ0v) is 11.9. The van der Waals surface area contributed by atoms with Gasteiger partial charge in [0.25, 0.3) is 0 Å². The quantitative estimate of drug-likeness (QED) is 0.473. The summed E-state index contributed by atoms with van der Waals surface area (Å²) >= 11 is 2.81. The molecule has 98 valence electrons. The summed E-state index contributed by atoms with van der Waals surface area (Å²) in [5, 5.41) is 7.58. The lowest BCUT2D eigenvalue weighted by Gasteiger charge is -2.24. The SMILES string of the molecule is C[C@@H]1CC=CC[C@H]1COC(=O)CSc1nncs1. The van der Waals surface area contributed by atoms with Crippen LogP contribution in [0.1, 0.15) is 19.8 Å². The number of ether oxygens (including phenoxy) is 1. The van der Waals surface area contributed by atoms with E-state index in [1.807, 2.05) is 0 Å². The molecule has 1 aliphatic carbocycles. The van der Waals surface area contributed by atoms with Gasteiger partial charge >= 0.3 is 5.97 Å². The highest BCUT2D eigenvalue weighted by atomic mass is 32.2. The molecule has 6 heteroatoms. The first kappa shape index (κ1) is 13.5. The number of thioether (sulfide) groups is 1. The lowest BCUT2D eigenvalue weighted by molar-refractivity contribution is -0.142. The number of esters is 1. The van der Waals surface area contributed by atoms with Gasteiger partial charge in [-0.2, -0.15) is 0 Å². The molecule has 0 amide bonds. The molecule has 1 aromatic rings. The minimum atomic E-state index is -0.169. The summed E-state index contributed by atoms with van der Waals surface area (Å²) in [6, 6.07) is 0. The van der Waals surface area contributed by atoms with Gasteiger partial charge in [-0.3, -0.25) is 4.79 Å². The first-order chi connectivity index (χ1) is 8.75. The zero-order chi connectivity index (χ0) is 12.8. The fourth-order valence-corrected chi connectivity index (χ4v) is 3.11. The first-order valence-corrected chi connectivity index (χ1v) is 7.82. The maximum absolute atomic E-state index is 11.6. The van der Waals surface area contributed by atoms with Crippen LogP contribution in [0.25, 0.3) is 0 Å². The minimum absolute atomic E-state index is 0.169. The predicted octanol–water partition coefficient (Wildman–Crippen LogP) is 2.78. The van der Waals surface area contributed by atoms with E-state index in [0.29, 0.717) is 24.2 Å². The van der Waals surface area contributed by atoms with Gasteiger partial charge in [-0.25, -0.2) is 0 Å². The van der Waals surface area contributed by atoms with E-state index in [1.165, 1.54) is 23.1 Å². The lowest BCUT2D eigenvalue weighted by Crippen LogP contribution is -2.22. The normalized spacial score (nSPS) is 22.9. The molecular formula is C12H16N2O2S2. The molecule has 1 aliphatic rings. The molecule has 0 saturated heterocycles. The zero-order valence-electron chi connectivity index (χ0n) is 10.2. The Labute approximate surface area is 115 Å². The Balaban J connectivity index is 1.67. The van der Waals surface area contributed by atoms with E-state index in [4.69, 9.17) is 4.74 Å². The summed E-state index contributed by atoms with van der Waals surface area (Å²) < 4.78 is 6.12. The topological polar surface area (TPSA) is 52.1 Å². The fraction of sp³-hybridized carbons (Fsp3) is 0.583. The van der Waals surface area contributed by atoms with E-state index in [1.54, 1.807) is 5.51 Å². The van der Waals surface area contributed by atoms with Crippen LogP contribution in [0.15, 0.2) is 22.0 Å². The number of carbonyl (C=O) groups excluding carboxylic acids is 1. The Hall–Kier alpha value is -0.880. The van der Waals surface area contributed by atoms with Crippen LogP contribution >= 0.6 is 23.1 Å². The summed E-state index contributed by atoms with van der Waals surface area (Å²) in [6.07, 6.45) is 6.47. The molecule has 0 radical (unpaired) electrons. The highest BCUT2D eigenvalue weighted by Crippen LogP contribution is 2.25. The number of hydrogen-bond acceptors (Lipinski definition) is 6. The summed E-state index contributed by atoms with van der Waals surface area (Å²) in [5.74, 6) is 1.20. The lowest BCUT2D eigenvalue weighted by atomic mass is 9.85. The van der Waals surface area contributed by atoms with Crippen molar-refractivity contribution in [2.45, 2.75) is 24.1 Å². The van der Waals surface area contributed by atoms with Crippen LogP contribution in [0.4, 0.5) is 0 Å². The van der Waals surface area contributed by atoms with Gasteiger partial charge in [0.2, 0.25) is 0 Å². The average molecular weight is 284 g/mol. The molecule has 0 bridgehead atoms. The van der Waals surface area contributed by atoms with Crippen molar-refractivity contribution in [2.75, 3.05) is 12.4 Å². The molecule has 4 nitrogen and oxygen atoms in total. The van der Waals surface area contributed by atoms with Crippen molar-refractivity contribution in [3.05, 3.63) is 17.7 Å². The van der Waals surface area contributed by atoms with E-state index in [-0.39, 0.29) is 5.97 Å². The molecule has 0 aromatic carbocycles. The first-order valence-electron chi connectivity index (χ1n) is 5.95. The van der Waals surface area contributed by atoms with Crippen LogP contribution in [-0.4, -0.2) is 28.5 Å². The maximum atomic E-state index is 11.6. The van der Waals surface area contributed by atoms with Gasteiger partial charge in [0.1, 0.15) is 5.51 Å². The maximum Gasteiger partial charge on any atom is 0.316 e. The van der Waals surface area contributed by atoms with E-state index in [0.717, 1.165) is 17.2 Å². The van der Waals surface area contributed by atoms with Gasteiger partial charge in [0.15, 0.2) is 4.34 Å². The average Bonchev–Trinajstić information content (AvgIpc) is 2.88. The number of hydrogen-bond donors (Lipinski definition) is 0. The molecule has 0 N–H and O–H groups in total. The molecule has 2 rings (SSSR count). The van der Waals surface area contributed by atoms with E-state index in [2.05, 4.69) is 29.3 Å². The van der Waals surface area contributed by atoms with Crippen molar-refractivity contribution in [2.24, 2.45) is 11.8 Å². The van der Waals surface area contributed by atoms with Crippen molar-refractivity contribution in [3.63, 3.8) is 0 Å². The Morgan fingerprint density at radius 3 is 3.11 bits per heavy atom. The summed E-state index contributed by atoms with van der Waals surface area (Å²) in [7, 11) is 0. The predicted molar refractivity (Wildman–Crippen MR) is 72.6 cm³/mol. The summed E-state index contributed by atoms with van der Waals surface area (Å²) in [4.78, 5) is 11.6. The van der Waals surface area contributed by atoms with Crippen molar-refractivity contribution < 1.29 is 9.53 Å². The number of carbonyl (C=O) groups is 1. The Morgan fingerprint density at radius 1 is 1.56 bits per heavy atom. The third-order valence-electron chi connectivity index (χ3n) is 3.03. The van der Waals surface area contributed by atoms with E-state index >= 15 is 0 Å². The molecule has 2 atom stereocenters. The van der Waals surface area contributed by atoms with Crippen molar-refractivity contribution in [1.82, 2.24) is 10.2 Å². The van der Waals surface area contributed by atoms with Crippen molar-refractivity contribution >= 4 is 29.1 Å². The van der Waals surface area contributed by atoms with Crippen LogP contribution in [-0.2, 0) is 9.53 Å². The minimum Gasteiger partial charge on any atom is -0.465 e. The highest BCUT2D eigenvalue weighted by molar-refractivity contribution is 8.01. The fourth-order valence-electron chi connectivity index (χ4n) is 1.83. The van der Waals surface area contributed by atoms with Crippen LogP contribution in [0, 0.1) is 11.8 Å². The van der Waals surface area contributed by atoms with E-state index in [9.17, 15) is 4.79 Å². The van der Waals surface area contributed by atoms with Gasteiger partial charge in [-0.1, -0.05) is 42.2 Å². The van der Waals surface area contributed by atoms with Gasteiger partial charge in [0, 0.05) is 0 Å². The largest absolute Gasteiger partial charge is 0.465 e. The molecule has 0 aliphatic heterocycles. The Bertz CT molecular complexity index is 406. The molecule has 0 spiro atoms. The molecule has 1 heterocycles. The third-order valence-corrected chi connectivity index (χ3v) is 4.86.